The summed E-state index contributed by atoms with van der Waals surface area (Å²) in [6.07, 6.45) is 0. The summed E-state index contributed by atoms with van der Waals surface area (Å²) in [6, 6.07) is 43.3. The second kappa shape index (κ2) is 10.1. The standard InChI is InChI=1S/C28H25NOP2/c1-5-13-24(14-6-1)31(25-15-7-2-8-16-25)23-28-29(21-22-30-28)32(26-17-9-3-10-18-26)27-19-11-4-12-20-27/h1-20,23H,21-22H2/b28-23-. The quantitative estimate of drug-likeness (QED) is 0.368. The van der Waals surface area contributed by atoms with E-state index in [0.717, 1.165) is 19.0 Å². The van der Waals surface area contributed by atoms with Crippen molar-refractivity contribution in [2.24, 2.45) is 0 Å². The van der Waals surface area contributed by atoms with Crippen molar-refractivity contribution in [3.8, 4) is 0 Å². The lowest BCUT2D eigenvalue weighted by Crippen LogP contribution is -2.26. The second-order valence-corrected chi connectivity index (χ2v) is 11.6. The average molecular weight is 453 g/mol. The maximum Gasteiger partial charge on any atom is 0.194 e. The molecule has 0 aromatic heterocycles. The summed E-state index contributed by atoms with van der Waals surface area (Å²) in [5.41, 5.74) is 0. The van der Waals surface area contributed by atoms with Crippen molar-refractivity contribution in [2.75, 3.05) is 13.2 Å². The fourth-order valence-corrected chi connectivity index (χ4v) is 8.34. The van der Waals surface area contributed by atoms with Gasteiger partial charge in [-0.05, 0) is 18.5 Å². The highest BCUT2D eigenvalue weighted by atomic mass is 31.1. The van der Waals surface area contributed by atoms with Gasteiger partial charge in [-0.15, -0.1) is 0 Å². The zero-order chi connectivity index (χ0) is 21.6. The molecule has 1 aliphatic rings. The van der Waals surface area contributed by atoms with Crippen LogP contribution in [0.5, 0.6) is 0 Å². The molecule has 32 heavy (non-hydrogen) atoms. The predicted octanol–water partition coefficient (Wildman–Crippen LogP) is 5.30. The van der Waals surface area contributed by atoms with E-state index in [9.17, 15) is 0 Å². The van der Waals surface area contributed by atoms with E-state index in [2.05, 4.69) is 132 Å². The third kappa shape index (κ3) is 4.63. The fraction of sp³-hybridized carbons (Fsp3) is 0.0714. The van der Waals surface area contributed by atoms with Crippen LogP contribution in [-0.4, -0.2) is 17.8 Å². The Bertz CT molecular complexity index is 1070. The molecule has 4 aromatic carbocycles. The van der Waals surface area contributed by atoms with E-state index in [-0.39, 0.29) is 0 Å². The molecular formula is C28H25NOP2. The monoisotopic (exact) mass is 453 g/mol. The highest BCUT2D eigenvalue weighted by Crippen LogP contribution is 2.46. The normalized spacial score (nSPS) is 14.8. The van der Waals surface area contributed by atoms with E-state index in [4.69, 9.17) is 4.74 Å². The number of nitrogens with zero attached hydrogens (tertiary/aromatic N) is 1. The topological polar surface area (TPSA) is 12.5 Å². The van der Waals surface area contributed by atoms with E-state index < -0.39 is 16.0 Å². The first-order valence-electron chi connectivity index (χ1n) is 10.8. The Morgan fingerprint density at radius 3 is 1.41 bits per heavy atom. The molecule has 158 valence electrons. The highest BCUT2D eigenvalue weighted by Gasteiger charge is 2.30. The van der Waals surface area contributed by atoms with Crippen molar-refractivity contribution in [2.45, 2.75) is 0 Å². The molecule has 1 heterocycles. The van der Waals surface area contributed by atoms with Gasteiger partial charge in [0.05, 0.1) is 14.6 Å². The summed E-state index contributed by atoms with van der Waals surface area (Å²) in [5.74, 6) is 3.37. The molecule has 0 atom stereocenters. The number of hydrogen-bond acceptors (Lipinski definition) is 2. The van der Waals surface area contributed by atoms with Crippen LogP contribution in [0.1, 0.15) is 0 Å². The van der Waals surface area contributed by atoms with Gasteiger partial charge in [0.15, 0.2) is 5.88 Å². The van der Waals surface area contributed by atoms with Gasteiger partial charge in [-0.25, -0.2) is 0 Å². The molecule has 0 bridgehead atoms. The predicted molar refractivity (Wildman–Crippen MR) is 139 cm³/mol. The van der Waals surface area contributed by atoms with E-state index >= 15 is 0 Å². The van der Waals surface area contributed by atoms with Gasteiger partial charge >= 0.3 is 0 Å². The van der Waals surface area contributed by atoms with Gasteiger partial charge < -0.3 is 9.41 Å². The first-order chi connectivity index (χ1) is 15.9. The number of rotatable bonds is 6. The molecule has 4 aromatic rings. The highest BCUT2D eigenvalue weighted by molar-refractivity contribution is 7.76. The molecule has 0 unspecified atom stereocenters. The van der Waals surface area contributed by atoms with Gasteiger partial charge in [0.25, 0.3) is 0 Å². The van der Waals surface area contributed by atoms with Crippen LogP contribution in [0.25, 0.3) is 0 Å². The zero-order valence-corrected chi connectivity index (χ0v) is 19.6. The molecule has 1 aliphatic heterocycles. The van der Waals surface area contributed by atoms with Gasteiger partial charge in [-0.1, -0.05) is 121 Å². The second-order valence-electron chi connectivity index (χ2n) is 7.46. The smallest absolute Gasteiger partial charge is 0.194 e. The SMILES string of the molecule is C(=C1/OCCN1P(c1ccccc1)c1ccccc1)/P(c1ccccc1)c1ccccc1. The van der Waals surface area contributed by atoms with Gasteiger partial charge in [-0.3, -0.25) is 0 Å². The Morgan fingerprint density at radius 1 is 0.562 bits per heavy atom. The first-order valence-corrected chi connectivity index (χ1v) is 13.5. The lowest BCUT2D eigenvalue weighted by Gasteiger charge is -2.30. The Balaban J connectivity index is 1.58. The van der Waals surface area contributed by atoms with Crippen LogP contribution >= 0.6 is 16.0 Å². The maximum atomic E-state index is 6.28. The molecule has 4 heteroatoms. The Kier molecular flexibility index (Phi) is 6.63. The van der Waals surface area contributed by atoms with E-state index in [1.807, 2.05) is 0 Å². The van der Waals surface area contributed by atoms with E-state index in [0.29, 0.717) is 0 Å². The maximum absolute atomic E-state index is 6.28. The minimum absolute atomic E-state index is 0.669. The largest absolute Gasteiger partial charge is 0.477 e. The number of benzene rings is 4. The van der Waals surface area contributed by atoms with Gasteiger partial charge in [0, 0.05) is 16.4 Å². The van der Waals surface area contributed by atoms with Crippen LogP contribution in [0.3, 0.4) is 0 Å². The molecule has 0 radical (unpaired) electrons. The van der Waals surface area contributed by atoms with E-state index in [1.165, 1.54) is 21.2 Å². The zero-order valence-electron chi connectivity index (χ0n) is 17.8. The van der Waals surface area contributed by atoms with Crippen molar-refractivity contribution in [1.29, 1.82) is 0 Å². The fourth-order valence-electron chi connectivity index (χ4n) is 3.88. The summed E-state index contributed by atoms with van der Waals surface area (Å²) < 4.78 is 8.77. The minimum Gasteiger partial charge on any atom is -0.477 e. The Hall–Kier alpha value is -2.92. The summed E-state index contributed by atoms with van der Waals surface area (Å²) in [6.45, 7) is 1.62. The van der Waals surface area contributed by atoms with Crippen molar-refractivity contribution >= 4 is 37.2 Å². The lowest BCUT2D eigenvalue weighted by atomic mass is 10.4. The van der Waals surface area contributed by atoms with Crippen LogP contribution in [0, 0.1) is 0 Å². The number of ether oxygens (including phenoxy) is 1. The molecule has 0 N–H and O–H groups in total. The van der Waals surface area contributed by atoms with Crippen molar-refractivity contribution in [3.05, 3.63) is 133 Å². The summed E-state index contributed by atoms with van der Waals surface area (Å²) >= 11 is 0. The van der Waals surface area contributed by atoms with Gasteiger partial charge in [0.1, 0.15) is 6.61 Å². The average Bonchev–Trinajstić information content (AvgIpc) is 3.33. The first kappa shape index (κ1) is 21.0. The summed E-state index contributed by atoms with van der Waals surface area (Å²) in [5, 5.41) is 5.35. The van der Waals surface area contributed by atoms with Crippen LogP contribution in [0.15, 0.2) is 133 Å². The van der Waals surface area contributed by atoms with E-state index in [1.54, 1.807) is 0 Å². The Labute approximate surface area is 192 Å². The molecule has 0 saturated carbocycles. The van der Waals surface area contributed by atoms with Crippen LogP contribution in [-0.2, 0) is 4.74 Å². The molecule has 1 saturated heterocycles. The molecule has 5 rings (SSSR count). The van der Waals surface area contributed by atoms with Crippen LogP contribution in [0.4, 0.5) is 0 Å². The van der Waals surface area contributed by atoms with Crippen molar-refractivity contribution in [1.82, 2.24) is 4.67 Å². The van der Waals surface area contributed by atoms with Gasteiger partial charge in [-0.2, -0.15) is 0 Å². The third-order valence-corrected chi connectivity index (χ3v) is 10.0. The summed E-state index contributed by atoms with van der Waals surface area (Å²) in [4.78, 5) is 0. The Morgan fingerprint density at radius 2 is 0.969 bits per heavy atom. The molecule has 0 aliphatic carbocycles. The van der Waals surface area contributed by atoms with Crippen LogP contribution < -0.4 is 21.2 Å². The molecular weight excluding hydrogens is 428 g/mol. The van der Waals surface area contributed by atoms with Crippen molar-refractivity contribution in [3.63, 3.8) is 0 Å². The molecule has 0 amide bonds. The minimum atomic E-state index is -0.709. The molecule has 1 fully saturated rings. The molecule has 0 spiro atoms. The molecule has 2 nitrogen and oxygen atoms in total. The summed E-state index contributed by atoms with van der Waals surface area (Å²) in [7, 11) is -1.38. The third-order valence-electron chi connectivity index (χ3n) is 5.36. The van der Waals surface area contributed by atoms with Crippen LogP contribution in [0.2, 0.25) is 0 Å². The number of hydrogen-bond donors (Lipinski definition) is 0. The van der Waals surface area contributed by atoms with Crippen molar-refractivity contribution < 1.29 is 4.74 Å². The lowest BCUT2D eigenvalue weighted by molar-refractivity contribution is 0.257. The van der Waals surface area contributed by atoms with Gasteiger partial charge in [0.2, 0.25) is 0 Å².